The number of hydrogen-bond donors (Lipinski definition) is 2. The van der Waals surface area contributed by atoms with Crippen LogP contribution in [0.25, 0.3) is 0 Å². The fraction of sp³-hybridized carbons (Fsp3) is 0.611. The van der Waals surface area contributed by atoms with Gasteiger partial charge in [0.1, 0.15) is 5.75 Å². The summed E-state index contributed by atoms with van der Waals surface area (Å²) >= 11 is 0. The standard InChI is InChI=1S/C18H29N3O2.ClH/c1-14-11-15(2)18(16(3)12-14)23-13-17(22)20-5-4-8-21-9-6-19-7-10-21;/h11-12,19H,4-10,13H2,1-3H3,(H,20,22);1H. The zero-order valence-corrected chi connectivity index (χ0v) is 15.8. The van der Waals surface area contributed by atoms with Gasteiger partial charge in [0.2, 0.25) is 0 Å². The number of amides is 1. The van der Waals surface area contributed by atoms with E-state index < -0.39 is 0 Å². The number of nitrogens with one attached hydrogen (secondary N) is 2. The molecule has 1 amide bonds. The molecule has 2 N–H and O–H groups in total. The number of nitrogens with zero attached hydrogens (tertiary/aromatic N) is 1. The van der Waals surface area contributed by atoms with Crippen LogP contribution >= 0.6 is 12.4 Å². The summed E-state index contributed by atoms with van der Waals surface area (Å²) in [5, 5.41) is 6.28. The molecule has 0 bridgehead atoms. The fourth-order valence-electron chi connectivity index (χ4n) is 3.05. The lowest BCUT2D eigenvalue weighted by Crippen LogP contribution is -2.44. The molecular formula is C18H30ClN3O2. The minimum absolute atomic E-state index is 0. The van der Waals surface area contributed by atoms with Crippen molar-refractivity contribution < 1.29 is 9.53 Å². The molecule has 0 aromatic heterocycles. The van der Waals surface area contributed by atoms with Crippen LogP contribution < -0.4 is 15.4 Å². The first-order valence-corrected chi connectivity index (χ1v) is 8.46. The summed E-state index contributed by atoms with van der Waals surface area (Å²) in [6.07, 6.45) is 0.980. The van der Waals surface area contributed by atoms with E-state index in [9.17, 15) is 4.79 Å². The van der Waals surface area contributed by atoms with Gasteiger partial charge in [0.05, 0.1) is 0 Å². The van der Waals surface area contributed by atoms with Gasteiger partial charge in [-0.3, -0.25) is 4.79 Å². The van der Waals surface area contributed by atoms with Gasteiger partial charge in [-0.25, -0.2) is 0 Å². The molecule has 0 unspecified atom stereocenters. The molecule has 1 aromatic rings. The van der Waals surface area contributed by atoms with Crippen molar-refractivity contribution in [3.63, 3.8) is 0 Å². The van der Waals surface area contributed by atoms with Gasteiger partial charge in [0, 0.05) is 32.7 Å². The summed E-state index contributed by atoms with van der Waals surface area (Å²) in [4.78, 5) is 14.3. The van der Waals surface area contributed by atoms with Gasteiger partial charge < -0.3 is 20.3 Å². The van der Waals surface area contributed by atoms with Crippen LogP contribution in [-0.2, 0) is 4.79 Å². The lowest BCUT2D eigenvalue weighted by Gasteiger charge is -2.27. The second-order valence-electron chi connectivity index (χ2n) is 6.31. The Bertz CT molecular complexity index is 508. The maximum Gasteiger partial charge on any atom is 0.257 e. The summed E-state index contributed by atoms with van der Waals surface area (Å²) in [6.45, 7) is 12.3. The van der Waals surface area contributed by atoms with E-state index in [1.807, 2.05) is 13.8 Å². The zero-order valence-electron chi connectivity index (χ0n) is 15.0. The van der Waals surface area contributed by atoms with Gasteiger partial charge in [-0.05, 0) is 44.9 Å². The number of hydrogen-bond acceptors (Lipinski definition) is 4. The molecule has 1 saturated heterocycles. The molecule has 0 saturated carbocycles. The van der Waals surface area contributed by atoms with Crippen LogP contribution in [0.1, 0.15) is 23.1 Å². The monoisotopic (exact) mass is 355 g/mol. The van der Waals surface area contributed by atoms with Crippen molar-refractivity contribution in [1.29, 1.82) is 0 Å². The van der Waals surface area contributed by atoms with Crippen molar-refractivity contribution in [2.75, 3.05) is 45.9 Å². The van der Waals surface area contributed by atoms with E-state index in [-0.39, 0.29) is 24.9 Å². The molecule has 0 aliphatic carbocycles. The number of aryl methyl sites for hydroxylation is 3. The second-order valence-corrected chi connectivity index (χ2v) is 6.31. The van der Waals surface area contributed by atoms with Crippen LogP contribution in [0.5, 0.6) is 5.75 Å². The van der Waals surface area contributed by atoms with Crippen molar-refractivity contribution in [1.82, 2.24) is 15.5 Å². The number of piperazine rings is 1. The number of benzene rings is 1. The third-order valence-corrected chi connectivity index (χ3v) is 4.14. The molecule has 1 aromatic carbocycles. The van der Waals surface area contributed by atoms with Crippen LogP contribution in [0.4, 0.5) is 0 Å². The molecule has 1 aliphatic rings. The molecule has 1 fully saturated rings. The van der Waals surface area contributed by atoms with E-state index in [2.05, 4.69) is 34.6 Å². The van der Waals surface area contributed by atoms with Gasteiger partial charge >= 0.3 is 0 Å². The first-order chi connectivity index (χ1) is 11.1. The molecule has 5 nitrogen and oxygen atoms in total. The molecule has 24 heavy (non-hydrogen) atoms. The summed E-state index contributed by atoms with van der Waals surface area (Å²) in [6, 6.07) is 4.15. The average molecular weight is 356 g/mol. The SMILES string of the molecule is Cc1cc(C)c(OCC(=O)NCCCN2CCNCC2)c(C)c1.Cl. The molecular weight excluding hydrogens is 326 g/mol. The molecule has 1 heterocycles. The Morgan fingerprint density at radius 2 is 1.83 bits per heavy atom. The van der Waals surface area contributed by atoms with Crippen molar-refractivity contribution >= 4 is 18.3 Å². The highest BCUT2D eigenvalue weighted by atomic mass is 35.5. The second kappa shape index (κ2) is 10.5. The van der Waals surface area contributed by atoms with Crippen LogP contribution in [0.3, 0.4) is 0 Å². The molecule has 6 heteroatoms. The first-order valence-electron chi connectivity index (χ1n) is 8.46. The summed E-state index contributed by atoms with van der Waals surface area (Å²) < 4.78 is 5.70. The van der Waals surface area contributed by atoms with Gasteiger partial charge in [-0.15, -0.1) is 12.4 Å². The highest BCUT2D eigenvalue weighted by molar-refractivity contribution is 5.85. The lowest BCUT2D eigenvalue weighted by molar-refractivity contribution is -0.123. The summed E-state index contributed by atoms with van der Waals surface area (Å²) in [5.74, 6) is 0.774. The van der Waals surface area contributed by atoms with Crippen LogP contribution in [0.2, 0.25) is 0 Å². The van der Waals surface area contributed by atoms with Crippen molar-refractivity contribution in [2.45, 2.75) is 27.2 Å². The number of carbonyl (C=O) groups is 1. The largest absolute Gasteiger partial charge is 0.483 e. The maximum atomic E-state index is 11.9. The van der Waals surface area contributed by atoms with Crippen molar-refractivity contribution in [2.24, 2.45) is 0 Å². The van der Waals surface area contributed by atoms with E-state index in [4.69, 9.17) is 4.74 Å². The Hall–Kier alpha value is -1.30. The van der Waals surface area contributed by atoms with Gasteiger partial charge in [0.25, 0.3) is 5.91 Å². The van der Waals surface area contributed by atoms with E-state index in [1.54, 1.807) is 0 Å². The van der Waals surface area contributed by atoms with E-state index in [0.29, 0.717) is 6.54 Å². The highest BCUT2D eigenvalue weighted by Gasteiger charge is 2.10. The van der Waals surface area contributed by atoms with E-state index in [0.717, 1.165) is 56.0 Å². The molecule has 136 valence electrons. The molecule has 2 rings (SSSR count). The Balaban J connectivity index is 0.00000288. The topological polar surface area (TPSA) is 53.6 Å². The highest BCUT2D eigenvalue weighted by Crippen LogP contribution is 2.24. The lowest BCUT2D eigenvalue weighted by atomic mass is 10.1. The van der Waals surface area contributed by atoms with Crippen LogP contribution in [0, 0.1) is 20.8 Å². The number of rotatable bonds is 7. The third kappa shape index (κ3) is 6.67. The fourth-order valence-corrected chi connectivity index (χ4v) is 3.05. The van der Waals surface area contributed by atoms with Crippen LogP contribution in [-0.4, -0.2) is 56.7 Å². The Morgan fingerprint density at radius 3 is 2.46 bits per heavy atom. The van der Waals surface area contributed by atoms with Crippen molar-refractivity contribution in [3.8, 4) is 5.75 Å². The summed E-state index contributed by atoms with van der Waals surface area (Å²) in [5.41, 5.74) is 3.37. The minimum atomic E-state index is -0.0512. The summed E-state index contributed by atoms with van der Waals surface area (Å²) in [7, 11) is 0. The molecule has 1 aliphatic heterocycles. The quantitative estimate of drug-likeness (QED) is 0.733. The van der Waals surface area contributed by atoms with E-state index in [1.165, 1.54) is 5.56 Å². The molecule has 0 radical (unpaired) electrons. The third-order valence-electron chi connectivity index (χ3n) is 4.14. The smallest absolute Gasteiger partial charge is 0.257 e. The zero-order chi connectivity index (χ0) is 16.7. The van der Waals surface area contributed by atoms with Gasteiger partial charge in [-0.1, -0.05) is 17.7 Å². The number of ether oxygens (including phenoxy) is 1. The first kappa shape index (κ1) is 20.7. The van der Waals surface area contributed by atoms with Crippen molar-refractivity contribution in [3.05, 3.63) is 28.8 Å². The number of halogens is 1. The van der Waals surface area contributed by atoms with Gasteiger partial charge in [-0.2, -0.15) is 0 Å². The molecule has 0 atom stereocenters. The molecule has 0 spiro atoms. The minimum Gasteiger partial charge on any atom is -0.483 e. The Labute approximate surface area is 151 Å². The van der Waals surface area contributed by atoms with E-state index >= 15 is 0 Å². The maximum absolute atomic E-state index is 11.9. The number of carbonyl (C=O) groups excluding carboxylic acids is 1. The predicted octanol–water partition coefficient (Wildman–Crippen LogP) is 1.82. The Morgan fingerprint density at radius 1 is 1.21 bits per heavy atom. The average Bonchev–Trinajstić information content (AvgIpc) is 2.51. The Kier molecular flexibility index (Phi) is 9.11. The predicted molar refractivity (Wildman–Crippen MR) is 100 cm³/mol. The van der Waals surface area contributed by atoms with Gasteiger partial charge in [0.15, 0.2) is 6.61 Å². The van der Waals surface area contributed by atoms with Crippen LogP contribution in [0.15, 0.2) is 12.1 Å². The normalized spacial score (nSPS) is 14.8.